The van der Waals surface area contributed by atoms with Crippen LogP contribution in [0, 0.1) is 0 Å². The lowest BCUT2D eigenvalue weighted by molar-refractivity contribution is 0.0697. The molecule has 0 atom stereocenters. The van der Waals surface area contributed by atoms with Crippen LogP contribution in [0.15, 0.2) is 42.5 Å². The monoisotopic (exact) mass is 362 g/mol. The minimum Gasteiger partial charge on any atom is -0.478 e. The van der Waals surface area contributed by atoms with Crippen molar-refractivity contribution in [1.29, 1.82) is 0 Å². The Hall–Kier alpha value is -2.62. The van der Waals surface area contributed by atoms with Crippen molar-refractivity contribution in [3.63, 3.8) is 0 Å². The van der Waals surface area contributed by atoms with Gasteiger partial charge in [0.05, 0.1) is 16.6 Å². The molecule has 0 amide bonds. The van der Waals surface area contributed by atoms with Crippen LogP contribution in [0.2, 0.25) is 0 Å². The van der Waals surface area contributed by atoms with Gasteiger partial charge in [-0.1, -0.05) is 50.5 Å². The second-order valence-electron chi connectivity index (χ2n) is 7.55. The van der Waals surface area contributed by atoms with E-state index in [0.717, 1.165) is 41.7 Å². The van der Waals surface area contributed by atoms with Crippen molar-refractivity contribution in [2.75, 3.05) is 0 Å². The van der Waals surface area contributed by atoms with E-state index in [9.17, 15) is 9.90 Å². The number of aromatic nitrogens is 2. The lowest BCUT2D eigenvalue weighted by Crippen LogP contribution is -2.06. The first-order chi connectivity index (χ1) is 13.2. The molecule has 0 bridgehead atoms. The lowest BCUT2D eigenvalue weighted by atomic mass is 10.1. The average Bonchev–Trinajstić information content (AvgIpc) is 3.33. The highest BCUT2D eigenvalue weighted by Crippen LogP contribution is 2.37. The molecule has 1 aliphatic rings. The highest BCUT2D eigenvalue weighted by atomic mass is 16.4. The molecule has 4 rings (SSSR count). The van der Waals surface area contributed by atoms with E-state index in [0.29, 0.717) is 11.6 Å². The number of fused-ring (bicyclic) bond motifs is 1. The van der Waals surface area contributed by atoms with Crippen molar-refractivity contribution < 1.29 is 9.90 Å². The maximum atomic E-state index is 11.4. The molecule has 1 aliphatic carbocycles. The fraction of sp³-hybridized carbons (Fsp3) is 0.391. The molecule has 0 unspecified atom stereocenters. The molecule has 0 radical (unpaired) electrons. The van der Waals surface area contributed by atoms with Gasteiger partial charge in [0.15, 0.2) is 0 Å². The van der Waals surface area contributed by atoms with Crippen molar-refractivity contribution in [3.8, 4) is 11.4 Å². The first-order valence-corrected chi connectivity index (χ1v) is 10.0. The Kier molecular flexibility index (Phi) is 4.97. The van der Waals surface area contributed by atoms with Crippen LogP contribution in [0.1, 0.15) is 67.4 Å². The van der Waals surface area contributed by atoms with Crippen LogP contribution < -0.4 is 0 Å². The van der Waals surface area contributed by atoms with Gasteiger partial charge in [-0.3, -0.25) is 0 Å². The van der Waals surface area contributed by atoms with Crippen molar-refractivity contribution in [2.45, 2.75) is 57.9 Å². The second-order valence-corrected chi connectivity index (χ2v) is 7.55. The summed E-state index contributed by atoms with van der Waals surface area (Å²) in [5.41, 5.74) is 4.57. The zero-order valence-electron chi connectivity index (χ0n) is 15.8. The summed E-state index contributed by atoms with van der Waals surface area (Å²) in [4.78, 5) is 16.2. The molecule has 27 heavy (non-hydrogen) atoms. The molecule has 2 aromatic carbocycles. The molecule has 140 valence electrons. The third-order valence-electron chi connectivity index (χ3n) is 5.66. The van der Waals surface area contributed by atoms with Gasteiger partial charge in [-0.15, -0.1) is 0 Å². The van der Waals surface area contributed by atoms with Gasteiger partial charge in [-0.2, -0.15) is 0 Å². The first kappa shape index (κ1) is 17.8. The third kappa shape index (κ3) is 3.48. The van der Waals surface area contributed by atoms with Crippen molar-refractivity contribution in [2.24, 2.45) is 0 Å². The first-order valence-electron chi connectivity index (χ1n) is 10.0. The van der Waals surface area contributed by atoms with E-state index in [2.05, 4.69) is 35.8 Å². The summed E-state index contributed by atoms with van der Waals surface area (Å²) < 4.78 is 2.34. The van der Waals surface area contributed by atoms with E-state index in [1.165, 1.54) is 31.2 Å². The molecule has 1 heterocycles. The van der Waals surface area contributed by atoms with E-state index < -0.39 is 5.97 Å². The smallest absolute Gasteiger partial charge is 0.335 e. The Morgan fingerprint density at radius 1 is 1.15 bits per heavy atom. The topological polar surface area (TPSA) is 55.1 Å². The van der Waals surface area contributed by atoms with Crippen LogP contribution in [-0.2, 0) is 6.42 Å². The SMILES string of the molecule is CCCCc1ccc(-c2nc3cc(C(=O)O)ccc3n2C2CCCC2)cc1. The fourth-order valence-electron chi connectivity index (χ4n) is 4.17. The summed E-state index contributed by atoms with van der Waals surface area (Å²) in [5, 5.41) is 9.32. The van der Waals surface area contributed by atoms with Crippen molar-refractivity contribution >= 4 is 17.0 Å². The Bertz CT molecular complexity index is 950. The van der Waals surface area contributed by atoms with Crippen molar-refractivity contribution in [3.05, 3.63) is 53.6 Å². The number of hydrogen-bond acceptors (Lipinski definition) is 2. The quantitative estimate of drug-likeness (QED) is 0.597. The van der Waals surface area contributed by atoms with Gasteiger partial charge in [-0.05, 0) is 49.4 Å². The summed E-state index contributed by atoms with van der Waals surface area (Å²) in [6.45, 7) is 2.21. The molecule has 1 saturated carbocycles. The van der Waals surface area contributed by atoms with Gasteiger partial charge >= 0.3 is 5.97 Å². The molecule has 3 aromatic rings. The summed E-state index contributed by atoms with van der Waals surface area (Å²) in [5.74, 6) is 0.0515. The largest absolute Gasteiger partial charge is 0.478 e. The van der Waals surface area contributed by atoms with Crippen LogP contribution in [0.5, 0.6) is 0 Å². The lowest BCUT2D eigenvalue weighted by Gasteiger charge is -2.16. The molecular formula is C23H26N2O2. The second kappa shape index (κ2) is 7.55. The van der Waals surface area contributed by atoms with Crippen LogP contribution in [0.4, 0.5) is 0 Å². The van der Waals surface area contributed by atoms with E-state index >= 15 is 0 Å². The molecule has 0 spiro atoms. The molecule has 0 aliphatic heterocycles. The highest BCUT2D eigenvalue weighted by Gasteiger charge is 2.23. The zero-order valence-corrected chi connectivity index (χ0v) is 15.8. The van der Waals surface area contributed by atoms with Crippen molar-refractivity contribution in [1.82, 2.24) is 9.55 Å². The van der Waals surface area contributed by atoms with E-state index in [4.69, 9.17) is 4.98 Å². The average molecular weight is 362 g/mol. The number of rotatable bonds is 6. The van der Waals surface area contributed by atoms with Crippen LogP contribution in [0.3, 0.4) is 0 Å². The predicted octanol–water partition coefficient (Wildman–Crippen LogP) is 5.86. The summed E-state index contributed by atoms with van der Waals surface area (Å²) in [6.07, 6.45) is 8.32. The number of unbranched alkanes of at least 4 members (excludes halogenated alkanes) is 1. The predicted molar refractivity (Wildman–Crippen MR) is 108 cm³/mol. The van der Waals surface area contributed by atoms with E-state index in [1.807, 2.05) is 6.07 Å². The molecule has 4 heteroatoms. The summed E-state index contributed by atoms with van der Waals surface area (Å²) in [6, 6.07) is 14.5. The Morgan fingerprint density at radius 2 is 1.89 bits per heavy atom. The van der Waals surface area contributed by atoms with Crippen LogP contribution in [0.25, 0.3) is 22.4 Å². The number of carboxylic acids is 1. The molecule has 0 saturated heterocycles. The maximum Gasteiger partial charge on any atom is 0.335 e. The van der Waals surface area contributed by atoms with Gasteiger partial charge in [0, 0.05) is 11.6 Å². The molecule has 1 N–H and O–H groups in total. The Balaban J connectivity index is 1.80. The van der Waals surface area contributed by atoms with E-state index in [1.54, 1.807) is 12.1 Å². The molecule has 1 aromatic heterocycles. The van der Waals surface area contributed by atoms with Gasteiger partial charge in [-0.25, -0.2) is 9.78 Å². The number of aromatic carboxylic acids is 1. The third-order valence-corrected chi connectivity index (χ3v) is 5.66. The Labute approximate surface area is 159 Å². The van der Waals surface area contributed by atoms with Gasteiger partial charge in [0.2, 0.25) is 0 Å². The van der Waals surface area contributed by atoms with Crippen LogP contribution in [-0.4, -0.2) is 20.6 Å². The number of hydrogen-bond donors (Lipinski definition) is 1. The van der Waals surface area contributed by atoms with Gasteiger partial charge in [0.1, 0.15) is 5.82 Å². The number of carboxylic acid groups (broad SMARTS) is 1. The number of aryl methyl sites for hydroxylation is 1. The minimum absolute atomic E-state index is 0.292. The van der Waals surface area contributed by atoms with Gasteiger partial charge in [0.25, 0.3) is 0 Å². The summed E-state index contributed by atoms with van der Waals surface area (Å²) in [7, 11) is 0. The number of nitrogens with zero attached hydrogens (tertiary/aromatic N) is 2. The molecule has 4 nitrogen and oxygen atoms in total. The van der Waals surface area contributed by atoms with Crippen LogP contribution >= 0.6 is 0 Å². The Morgan fingerprint density at radius 3 is 2.56 bits per heavy atom. The minimum atomic E-state index is -0.908. The summed E-state index contributed by atoms with van der Waals surface area (Å²) >= 11 is 0. The number of imidazole rings is 1. The maximum absolute atomic E-state index is 11.4. The number of carbonyl (C=O) groups is 1. The number of benzene rings is 2. The highest BCUT2D eigenvalue weighted by molar-refractivity contribution is 5.93. The fourth-order valence-corrected chi connectivity index (χ4v) is 4.17. The normalized spacial score (nSPS) is 14.9. The zero-order chi connectivity index (χ0) is 18.8. The molecular weight excluding hydrogens is 336 g/mol. The van der Waals surface area contributed by atoms with Gasteiger partial charge < -0.3 is 9.67 Å². The standard InChI is InChI=1S/C23H26N2O2/c1-2-3-6-16-9-11-17(12-10-16)22-24-20-15-18(23(26)27)13-14-21(20)25(22)19-7-4-5-8-19/h9-15,19H,2-8H2,1H3,(H,26,27). The molecule has 1 fully saturated rings. The van der Waals surface area contributed by atoms with E-state index in [-0.39, 0.29) is 0 Å².